The number of allylic oxidation sites excluding steroid dienone is 15. The van der Waals surface area contributed by atoms with Gasteiger partial charge in [-0.05, 0) is 69.8 Å². The number of nitrogens with zero attached hydrogens (tertiary/aromatic N) is 1. The first-order valence-corrected chi connectivity index (χ1v) is 20.7. The number of unbranched alkanes of at least 4 members (excludes halogenated alkanes) is 2. The molecule has 14 nitrogen and oxygen atoms in total. The van der Waals surface area contributed by atoms with Gasteiger partial charge < -0.3 is 51.0 Å². The van der Waals surface area contributed by atoms with Gasteiger partial charge in [-0.2, -0.15) is 0 Å². The molecule has 0 spiro atoms. The topological polar surface area (TPSA) is 236 Å². The highest BCUT2D eigenvalue weighted by atomic mass is 16.7. The second-order valence-corrected chi connectivity index (χ2v) is 15.6. The number of hydrogen-bond acceptors (Lipinski definition) is 10. The second-order valence-electron chi connectivity index (χ2n) is 15.6. The fraction of sp³-hybridized carbons (Fsp3) is 0.522. The zero-order chi connectivity index (χ0) is 44.8. The Kier molecular flexibility index (Phi) is 23.1. The summed E-state index contributed by atoms with van der Waals surface area (Å²) in [5, 5.41) is 60.5. The summed E-state index contributed by atoms with van der Waals surface area (Å²) in [5.74, 6) is -1.98. The van der Waals surface area contributed by atoms with Gasteiger partial charge in [0.25, 0.3) is 5.91 Å². The zero-order valence-corrected chi connectivity index (χ0v) is 35.9. The maximum absolute atomic E-state index is 12.3. The molecule has 1 fully saturated rings. The van der Waals surface area contributed by atoms with Crippen molar-refractivity contribution >= 4 is 23.6 Å². The summed E-state index contributed by atoms with van der Waals surface area (Å²) < 4.78 is 11.7. The monoisotopic (exact) mass is 836 g/mol. The van der Waals surface area contributed by atoms with E-state index >= 15 is 0 Å². The molecule has 0 aromatic carbocycles. The Labute approximate surface area is 355 Å². The summed E-state index contributed by atoms with van der Waals surface area (Å²) in [6, 6.07) is 0. The number of hydrogen-bond donors (Lipinski definition) is 8. The van der Waals surface area contributed by atoms with Gasteiger partial charge in [-0.3, -0.25) is 15.0 Å². The van der Waals surface area contributed by atoms with E-state index in [-0.39, 0.29) is 47.9 Å². The molecule has 0 radical (unpaired) electrons. The van der Waals surface area contributed by atoms with Gasteiger partial charge in [-0.1, -0.05) is 106 Å². The number of nitrogens with one attached hydrogen (secondary N) is 2. The van der Waals surface area contributed by atoms with E-state index in [1.807, 2.05) is 39.1 Å². The quantitative estimate of drug-likeness (QED) is 0.0144. The Morgan fingerprint density at radius 1 is 0.917 bits per heavy atom. The molecule has 0 aromatic heterocycles. The Morgan fingerprint density at radius 2 is 1.57 bits per heavy atom. The molecule has 0 unspecified atom stereocenters. The minimum Gasteiger partial charge on any atom is -0.510 e. The molecule has 60 heavy (non-hydrogen) atoms. The number of aliphatic hydroxyl groups excluding tert-OH is 4. The van der Waals surface area contributed by atoms with Gasteiger partial charge in [0.2, 0.25) is 0 Å². The summed E-state index contributed by atoms with van der Waals surface area (Å²) in [4.78, 5) is 37.6. The zero-order valence-electron chi connectivity index (χ0n) is 35.9. The molecule has 9 atom stereocenters. The predicted molar refractivity (Wildman–Crippen MR) is 233 cm³/mol. The van der Waals surface area contributed by atoms with Crippen LogP contribution in [0.25, 0.3) is 0 Å². The molecule has 1 amide bonds. The van der Waals surface area contributed by atoms with Gasteiger partial charge in [-0.25, -0.2) is 4.79 Å². The SMILES string of the molecule is C\C(=C/C=C/C=C/C=C/C=C/[C@@H](C)[C@H](O[C@@H]1O[C@H](C(=O)O)[C@@H](O)[C@H](O)[C@H]1O)/C(C)=C/[C@@H](C)CCC/C=C/[C@H](C)C/C=C/CCCN(C)C(=N)N)C(=O)NC1=C(O)CCC1=O. The van der Waals surface area contributed by atoms with Crippen LogP contribution in [-0.4, -0.2) is 104 Å². The van der Waals surface area contributed by atoms with E-state index in [0.29, 0.717) is 11.5 Å². The number of amides is 1. The molecule has 0 bridgehead atoms. The number of Topliss-reactive ketones (excluding diaryl/α,β-unsaturated/α-hetero) is 1. The molecule has 1 aliphatic heterocycles. The van der Waals surface area contributed by atoms with Crippen LogP contribution in [0.4, 0.5) is 0 Å². The molecule has 0 saturated carbocycles. The number of carboxylic acids is 1. The first-order chi connectivity index (χ1) is 28.4. The Morgan fingerprint density at radius 3 is 2.20 bits per heavy atom. The lowest BCUT2D eigenvalue weighted by atomic mass is 9.92. The lowest BCUT2D eigenvalue weighted by Gasteiger charge is -2.40. The lowest BCUT2D eigenvalue weighted by Crippen LogP contribution is -2.61. The third-order valence-electron chi connectivity index (χ3n) is 10.2. The van der Waals surface area contributed by atoms with Crippen molar-refractivity contribution in [3.05, 3.63) is 108 Å². The maximum Gasteiger partial charge on any atom is 0.335 e. The standard InChI is InChI=1S/C46H68N4O10/c1-30(21-15-12-13-20-28-50(6)46(47)48)22-16-14-17-23-31(2)29-34(5)41(59-45-40(55)38(53)39(54)42(60-45)44(57)58)32(3)24-18-10-8-7-9-11-19-25-33(4)43(56)49-37-35(51)26-27-36(37)52/h7-12,15-16,18-19,22,24-25,29-32,38-42,45,51,53-55H,13-14,17,20-21,23,26-28H2,1-6H3,(H3,47,48)(H,49,56)(H,57,58)/b9-7+,10-8+,15-12+,19-11+,22-16+,24-18+,33-25+,34-29+/t30-,31+,32-,38+,39+,40-,41+,42+,45-/m1/s1. The fourth-order valence-electron chi connectivity index (χ4n) is 6.48. The summed E-state index contributed by atoms with van der Waals surface area (Å²) >= 11 is 0. The van der Waals surface area contributed by atoms with Crippen LogP contribution in [0.15, 0.2) is 108 Å². The van der Waals surface area contributed by atoms with Crippen LogP contribution in [0.5, 0.6) is 0 Å². The van der Waals surface area contributed by atoms with Gasteiger partial charge in [0.05, 0.1) is 6.10 Å². The molecule has 9 N–H and O–H groups in total. The number of nitrogens with two attached hydrogens (primary N) is 1. The number of aliphatic hydroxyl groups is 4. The number of rotatable bonds is 24. The highest BCUT2D eigenvalue weighted by Gasteiger charge is 2.48. The molecule has 1 aliphatic carbocycles. The average molecular weight is 837 g/mol. The number of aliphatic carboxylic acids is 1. The third kappa shape index (κ3) is 18.2. The summed E-state index contributed by atoms with van der Waals surface area (Å²) in [6.45, 7) is 10.5. The number of guanidine groups is 1. The Hall–Kier alpha value is -4.86. The molecule has 0 aromatic rings. The minimum absolute atomic E-state index is 0.0435. The Bertz CT molecular complexity index is 1710. The van der Waals surface area contributed by atoms with Gasteiger partial charge in [0, 0.05) is 37.9 Å². The van der Waals surface area contributed by atoms with Crippen molar-refractivity contribution in [3.63, 3.8) is 0 Å². The van der Waals surface area contributed by atoms with Gasteiger partial charge in [-0.15, -0.1) is 0 Å². The average Bonchev–Trinajstić information content (AvgIpc) is 3.51. The molecule has 1 saturated heterocycles. The smallest absolute Gasteiger partial charge is 0.335 e. The predicted octanol–water partition coefficient (Wildman–Crippen LogP) is 5.82. The number of carbonyl (C=O) groups is 3. The van der Waals surface area contributed by atoms with Crippen LogP contribution < -0.4 is 11.1 Å². The first-order valence-electron chi connectivity index (χ1n) is 20.7. The Balaban J connectivity index is 2.01. The summed E-state index contributed by atoms with van der Waals surface area (Å²) in [7, 11) is 1.82. The van der Waals surface area contributed by atoms with Crippen molar-refractivity contribution in [1.82, 2.24) is 10.2 Å². The van der Waals surface area contributed by atoms with Crippen molar-refractivity contribution in [2.75, 3.05) is 13.6 Å². The number of ketones is 1. The van der Waals surface area contributed by atoms with Crippen LogP contribution in [0.3, 0.4) is 0 Å². The van der Waals surface area contributed by atoms with Crippen molar-refractivity contribution in [2.45, 2.75) is 123 Å². The van der Waals surface area contributed by atoms with Crippen molar-refractivity contribution in [1.29, 1.82) is 5.41 Å². The molecule has 332 valence electrons. The summed E-state index contributed by atoms with van der Waals surface area (Å²) in [6.07, 6.45) is 23.6. The highest BCUT2D eigenvalue weighted by molar-refractivity contribution is 6.04. The molecule has 1 heterocycles. The number of carbonyl (C=O) groups excluding carboxylic acids is 2. The van der Waals surface area contributed by atoms with Crippen LogP contribution in [0, 0.1) is 23.2 Å². The van der Waals surface area contributed by atoms with Crippen molar-refractivity contribution in [2.24, 2.45) is 23.5 Å². The molecule has 14 heteroatoms. The number of ether oxygens (including phenoxy) is 2. The van der Waals surface area contributed by atoms with Gasteiger partial charge in [0.15, 0.2) is 24.1 Å². The normalized spacial score (nSPS) is 24.1. The van der Waals surface area contributed by atoms with Gasteiger partial charge >= 0.3 is 5.97 Å². The fourth-order valence-corrected chi connectivity index (χ4v) is 6.48. The molecular formula is C46H68N4O10. The van der Waals surface area contributed by atoms with E-state index in [9.17, 15) is 39.9 Å². The maximum atomic E-state index is 12.3. The van der Waals surface area contributed by atoms with E-state index in [4.69, 9.17) is 20.6 Å². The van der Waals surface area contributed by atoms with Crippen molar-refractivity contribution in [3.8, 4) is 0 Å². The van der Waals surface area contributed by atoms with E-state index in [1.54, 1.807) is 48.3 Å². The van der Waals surface area contributed by atoms with E-state index in [0.717, 1.165) is 50.6 Å². The van der Waals surface area contributed by atoms with E-state index < -0.39 is 48.7 Å². The van der Waals surface area contributed by atoms with Crippen molar-refractivity contribution < 1.29 is 49.4 Å². The van der Waals surface area contributed by atoms with Crippen LogP contribution in [0.1, 0.15) is 86.0 Å². The lowest BCUT2D eigenvalue weighted by molar-refractivity contribution is -0.303. The van der Waals surface area contributed by atoms with E-state index in [2.05, 4.69) is 49.5 Å². The second kappa shape index (κ2) is 27.1. The van der Waals surface area contributed by atoms with Crippen LogP contribution >= 0.6 is 0 Å². The highest BCUT2D eigenvalue weighted by Crippen LogP contribution is 2.29. The van der Waals surface area contributed by atoms with Crippen LogP contribution in [-0.2, 0) is 23.9 Å². The first kappa shape index (κ1) is 51.3. The molecular weight excluding hydrogens is 769 g/mol. The largest absolute Gasteiger partial charge is 0.510 e. The third-order valence-corrected chi connectivity index (χ3v) is 10.2. The molecule has 2 aliphatic rings. The minimum atomic E-state index is -1.83. The van der Waals surface area contributed by atoms with E-state index in [1.165, 1.54) is 0 Å². The van der Waals surface area contributed by atoms with Gasteiger partial charge in [0.1, 0.15) is 29.8 Å². The van der Waals surface area contributed by atoms with Crippen LogP contribution in [0.2, 0.25) is 0 Å². The number of carboxylic acid groups (broad SMARTS) is 1. The molecule has 2 rings (SSSR count). The summed E-state index contributed by atoms with van der Waals surface area (Å²) in [5.41, 5.74) is 6.62.